The Kier molecular flexibility index (Phi) is 6.68. The first-order chi connectivity index (χ1) is 15.0. The van der Waals surface area contributed by atoms with E-state index in [0.717, 1.165) is 0 Å². The van der Waals surface area contributed by atoms with Crippen LogP contribution in [0, 0.1) is 20.2 Å². The number of nitrogens with zero attached hydrogens (tertiary/aromatic N) is 4. The molecule has 11 heteroatoms. The zero-order chi connectivity index (χ0) is 22.2. The van der Waals surface area contributed by atoms with Crippen molar-refractivity contribution in [2.24, 2.45) is 5.10 Å². The summed E-state index contributed by atoms with van der Waals surface area (Å²) in [5.41, 5.74) is 3.63. The highest BCUT2D eigenvalue weighted by atomic mass is 16.6. The van der Waals surface area contributed by atoms with Crippen LogP contribution in [0.5, 0.6) is 11.5 Å². The number of aromatic nitrogens is 1. The van der Waals surface area contributed by atoms with E-state index >= 15 is 0 Å². The lowest BCUT2D eigenvalue weighted by molar-refractivity contribution is -0.385. The van der Waals surface area contributed by atoms with Crippen LogP contribution in [0.15, 0.2) is 65.9 Å². The number of hydrazone groups is 1. The Labute approximate surface area is 176 Å². The van der Waals surface area contributed by atoms with E-state index in [1.165, 1.54) is 43.8 Å². The number of methoxy groups -OCH3 is 1. The number of pyridine rings is 1. The molecular formula is C20H17N5O6. The predicted octanol–water partition coefficient (Wildman–Crippen LogP) is 3.93. The van der Waals surface area contributed by atoms with E-state index < -0.39 is 9.85 Å². The second-order valence-electron chi connectivity index (χ2n) is 6.12. The molecule has 158 valence electrons. The van der Waals surface area contributed by atoms with Gasteiger partial charge in [0, 0.05) is 24.4 Å². The van der Waals surface area contributed by atoms with Gasteiger partial charge in [-0.25, -0.2) is 4.98 Å². The number of hydrogen-bond acceptors (Lipinski definition) is 9. The second kappa shape index (κ2) is 9.78. The maximum atomic E-state index is 11.0. The van der Waals surface area contributed by atoms with Crippen molar-refractivity contribution in [3.05, 3.63) is 92.1 Å². The van der Waals surface area contributed by atoms with Gasteiger partial charge in [0.05, 0.1) is 23.2 Å². The first-order valence-corrected chi connectivity index (χ1v) is 8.90. The molecule has 2 aromatic carbocycles. The number of rotatable bonds is 9. The number of hydrogen-bond donors (Lipinski definition) is 1. The van der Waals surface area contributed by atoms with Crippen LogP contribution >= 0.6 is 0 Å². The number of nitrogens with one attached hydrogen (secondary N) is 1. The number of nitro benzene ring substituents is 1. The van der Waals surface area contributed by atoms with E-state index in [1.807, 2.05) is 0 Å². The molecule has 1 heterocycles. The maximum absolute atomic E-state index is 11.0. The minimum atomic E-state index is -0.554. The van der Waals surface area contributed by atoms with E-state index in [1.54, 1.807) is 30.3 Å². The van der Waals surface area contributed by atoms with Gasteiger partial charge in [0.25, 0.3) is 5.69 Å². The molecule has 0 radical (unpaired) electrons. The topological polar surface area (TPSA) is 142 Å². The Bertz CT molecular complexity index is 1130. The SMILES string of the molecule is COc1cc(/C=N\Nc2ncccc2[N+](=O)[O-])ccc1OCc1cccc([N+](=O)[O-])c1. The minimum absolute atomic E-state index is 0.0136. The molecule has 0 aliphatic carbocycles. The molecule has 3 rings (SSSR count). The van der Waals surface area contributed by atoms with Crippen molar-refractivity contribution in [1.29, 1.82) is 0 Å². The van der Waals surface area contributed by atoms with Crippen LogP contribution in [0.2, 0.25) is 0 Å². The van der Waals surface area contributed by atoms with Crippen LogP contribution in [0.4, 0.5) is 17.2 Å². The molecule has 0 aliphatic rings. The summed E-state index contributed by atoms with van der Waals surface area (Å²) in [6.07, 6.45) is 2.87. The molecular weight excluding hydrogens is 406 g/mol. The molecule has 0 saturated heterocycles. The van der Waals surface area contributed by atoms with Crippen LogP contribution in [0.1, 0.15) is 11.1 Å². The number of anilines is 1. The zero-order valence-electron chi connectivity index (χ0n) is 16.3. The first-order valence-electron chi connectivity index (χ1n) is 8.90. The highest BCUT2D eigenvalue weighted by Crippen LogP contribution is 2.29. The molecule has 11 nitrogen and oxygen atoms in total. The third-order valence-electron chi connectivity index (χ3n) is 4.07. The number of benzene rings is 2. The lowest BCUT2D eigenvalue weighted by Gasteiger charge is -2.11. The molecule has 0 bridgehead atoms. The van der Waals surface area contributed by atoms with Gasteiger partial charge in [0.2, 0.25) is 5.82 Å². The third kappa shape index (κ3) is 5.50. The summed E-state index contributed by atoms with van der Waals surface area (Å²) in [6.45, 7) is 0.121. The van der Waals surface area contributed by atoms with E-state index in [-0.39, 0.29) is 23.8 Å². The van der Waals surface area contributed by atoms with E-state index in [0.29, 0.717) is 22.6 Å². The summed E-state index contributed by atoms with van der Waals surface area (Å²) in [5, 5.41) is 25.9. The molecule has 31 heavy (non-hydrogen) atoms. The highest BCUT2D eigenvalue weighted by molar-refractivity contribution is 5.81. The van der Waals surface area contributed by atoms with Gasteiger partial charge in [0.15, 0.2) is 11.5 Å². The summed E-state index contributed by atoms with van der Waals surface area (Å²) in [7, 11) is 1.48. The van der Waals surface area contributed by atoms with Crippen LogP contribution in [0.25, 0.3) is 0 Å². The third-order valence-corrected chi connectivity index (χ3v) is 4.07. The standard InChI is InChI=1S/C20H17N5O6/c1-30-19-11-14(12-22-23-20-17(25(28)29)6-3-9-21-20)7-8-18(19)31-13-15-4-2-5-16(10-15)24(26)27/h2-12H,13H2,1H3,(H,21,23)/b22-12-. The summed E-state index contributed by atoms with van der Waals surface area (Å²) in [6, 6.07) is 14.0. The van der Waals surface area contributed by atoms with Crippen LogP contribution in [0.3, 0.4) is 0 Å². The summed E-state index contributed by atoms with van der Waals surface area (Å²) in [5.74, 6) is 0.894. The van der Waals surface area contributed by atoms with Gasteiger partial charge >= 0.3 is 5.69 Å². The van der Waals surface area contributed by atoms with Gasteiger partial charge in [-0.3, -0.25) is 25.7 Å². The van der Waals surface area contributed by atoms with Gasteiger partial charge in [-0.15, -0.1) is 0 Å². The average molecular weight is 423 g/mol. The number of nitro groups is 2. The molecule has 0 fully saturated rings. The normalized spacial score (nSPS) is 10.6. The summed E-state index contributed by atoms with van der Waals surface area (Å²) in [4.78, 5) is 24.8. The maximum Gasteiger partial charge on any atom is 0.313 e. The number of non-ortho nitro benzene ring substituents is 1. The fourth-order valence-electron chi connectivity index (χ4n) is 2.60. The largest absolute Gasteiger partial charge is 0.493 e. The van der Waals surface area contributed by atoms with Gasteiger partial charge in [-0.05, 0) is 35.4 Å². The van der Waals surface area contributed by atoms with E-state index in [4.69, 9.17) is 9.47 Å². The monoisotopic (exact) mass is 423 g/mol. The van der Waals surface area contributed by atoms with Crippen molar-refractivity contribution in [3.63, 3.8) is 0 Å². The summed E-state index contributed by atoms with van der Waals surface area (Å²) >= 11 is 0. The van der Waals surface area contributed by atoms with Crippen molar-refractivity contribution >= 4 is 23.4 Å². The molecule has 1 N–H and O–H groups in total. The second-order valence-corrected chi connectivity index (χ2v) is 6.12. The fourth-order valence-corrected chi connectivity index (χ4v) is 2.60. The Balaban J connectivity index is 1.68. The molecule has 0 amide bonds. The van der Waals surface area contributed by atoms with Crippen LogP contribution in [-0.2, 0) is 6.61 Å². The predicted molar refractivity (Wildman–Crippen MR) is 113 cm³/mol. The van der Waals surface area contributed by atoms with Crippen molar-refractivity contribution < 1.29 is 19.3 Å². The molecule has 1 aromatic heterocycles. The van der Waals surface area contributed by atoms with Gasteiger partial charge in [-0.2, -0.15) is 5.10 Å². The Morgan fingerprint density at radius 1 is 1.06 bits per heavy atom. The first kappa shape index (κ1) is 21.2. The smallest absolute Gasteiger partial charge is 0.313 e. The zero-order valence-corrected chi connectivity index (χ0v) is 16.3. The molecule has 0 atom stereocenters. The van der Waals surface area contributed by atoms with E-state index in [2.05, 4.69) is 15.5 Å². The molecule has 3 aromatic rings. The van der Waals surface area contributed by atoms with Gasteiger partial charge in [-0.1, -0.05) is 12.1 Å². The van der Waals surface area contributed by atoms with Gasteiger partial charge in [0.1, 0.15) is 6.61 Å². The lowest BCUT2D eigenvalue weighted by Crippen LogP contribution is -2.00. The Morgan fingerprint density at radius 3 is 2.65 bits per heavy atom. The quantitative estimate of drug-likeness (QED) is 0.310. The van der Waals surface area contributed by atoms with Crippen molar-refractivity contribution in [1.82, 2.24) is 4.98 Å². The van der Waals surface area contributed by atoms with Crippen molar-refractivity contribution in [2.75, 3.05) is 12.5 Å². The van der Waals surface area contributed by atoms with Crippen LogP contribution in [-0.4, -0.2) is 28.2 Å². The van der Waals surface area contributed by atoms with Gasteiger partial charge < -0.3 is 9.47 Å². The Morgan fingerprint density at radius 2 is 1.90 bits per heavy atom. The average Bonchev–Trinajstić information content (AvgIpc) is 2.78. The van der Waals surface area contributed by atoms with Crippen molar-refractivity contribution in [3.8, 4) is 11.5 Å². The molecule has 0 unspecified atom stereocenters. The van der Waals surface area contributed by atoms with Crippen LogP contribution < -0.4 is 14.9 Å². The van der Waals surface area contributed by atoms with E-state index in [9.17, 15) is 20.2 Å². The lowest BCUT2D eigenvalue weighted by atomic mass is 10.2. The van der Waals surface area contributed by atoms with Crippen molar-refractivity contribution in [2.45, 2.75) is 6.61 Å². The number of ether oxygens (including phenoxy) is 2. The highest BCUT2D eigenvalue weighted by Gasteiger charge is 2.13. The molecule has 0 spiro atoms. The minimum Gasteiger partial charge on any atom is -0.493 e. The summed E-state index contributed by atoms with van der Waals surface area (Å²) < 4.78 is 11.1. The molecule has 0 aliphatic heterocycles. The fraction of sp³-hybridized carbons (Fsp3) is 0.100. The molecule has 0 saturated carbocycles. The Hall–Kier alpha value is -4.54.